The van der Waals surface area contributed by atoms with Gasteiger partial charge in [-0.05, 0) is 24.1 Å². The summed E-state index contributed by atoms with van der Waals surface area (Å²) in [5.41, 5.74) is 6.35. The number of fused-ring (bicyclic) bond motifs is 2. The predicted octanol–water partition coefficient (Wildman–Crippen LogP) is 0.00560. The van der Waals surface area contributed by atoms with Gasteiger partial charge < -0.3 is 22.2 Å². The third-order valence-corrected chi connectivity index (χ3v) is 7.06. The number of nitrogens with zero attached hydrogens (tertiary/aromatic N) is 1. The first-order chi connectivity index (χ1) is 11.1. The van der Waals surface area contributed by atoms with Crippen molar-refractivity contribution in [1.29, 1.82) is 0 Å². The second kappa shape index (κ2) is 4.96. The van der Waals surface area contributed by atoms with Gasteiger partial charge in [-0.1, -0.05) is 24.3 Å². The summed E-state index contributed by atoms with van der Waals surface area (Å²) in [7, 11) is 2.42. The van der Waals surface area contributed by atoms with Crippen molar-refractivity contribution in [2.24, 2.45) is 5.92 Å². The molecular weight excluding hydrogens is 320 g/mol. The minimum atomic E-state index is 0. The van der Waals surface area contributed by atoms with Crippen LogP contribution in [0.1, 0.15) is 25.3 Å². The molecule has 1 aliphatic carbocycles. The Kier molecular flexibility index (Phi) is 3.29. The Balaban J connectivity index is 0.00000146. The maximum atomic E-state index is 12.0. The average Bonchev–Trinajstić information content (AvgIpc) is 3.08. The molecule has 2 saturated heterocycles. The van der Waals surface area contributed by atoms with Crippen molar-refractivity contribution in [1.82, 2.24) is 0 Å². The highest BCUT2D eigenvalue weighted by Gasteiger charge is 2.67. The maximum Gasteiger partial charge on any atom is 0.148 e. The summed E-state index contributed by atoms with van der Waals surface area (Å²) < 4.78 is 1.13. The number of carbonyl (C=O) groups is 1. The number of piperidine rings is 1. The molecular formula is C20H23ClN2O. The fourth-order valence-corrected chi connectivity index (χ4v) is 6.07. The minimum absolute atomic E-state index is 0. The molecule has 1 aromatic carbocycles. The first kappa shape index (κ1) is 15.9. The fraction of sp³-hybridized carbons (Fsp3) is 0.450. The van der Waals surface area contributed by atoms with Crippen LogP contribution in [0.2, 0.25) is 0 Å². The number of hydrogen-bond acceptors (Lipinski definition) is 2. The molecule has 0 saturated carbocycles. The van der Waals surface area contributed by atoms with Gasteiger partial charge in [-0.15, -0.1) is 0 Å². The molecule has 3 nitrogen and oxygen atoms in total. The first-order valence-corrected chi connectivity index (χ1v) is 8.70. The van der Waals surface area contributed by atoms with E-state index in [-0.39, 0.29) is 17.8 Å². The summed E-state index contributed by atoms with van der Waals surface area (Å²) >= 11 is 0. The van der Waals surface area contributed by atoms with Crippen molar-refractivity contribution in [3.8, 4) is 0 Å². The third-order valence-electron chi connectivity index (χ3n) is 7.06. The quantitative estimate of drug-likeness (QED) is 0.442. The molecule has 24 heavy (non-hydrogen) atoms. The SMILES string of the molecule is CC=C1C[N+]2(C)CCC34C(=C(C=O)[C@H]1CC32)Nc1ccccc14.[Cl-]. The molecule has 1 spiro atoms. The number of likely N-dealkylation sites (N-methyl/N-ethyl adjacent to an activating group) is 1. The maximum absolute atomic E-state index is 12.0. The molecule has 3 heterocycles. The summed E-state index contributed by atoms with van der Waals surface area (Å²) in [4.78, 5) is 12.0. The number of anilines is 1. The Morgan fingerprint density at radius 1 is 1.33 bits per heavy atom. The number of quaternary nitrogens is 1. The fourth-order valence-electron chi connectivity index (χ4n) is 6.07. The first-order valence-electron chi connectivity index (χ1n) is 8.70. The van der Waals surface area contributed by atoms with Gasteiger partial charge in [-0.2, -0.15) is 0 Å². The van der Waals surface area contributed by atoms with Gasteiger partial charge in [0.05, 0.1) is 19.0 Å². The second-order valence-electron chi connectivity index (χ2n) is 7.87. The number of carbonyl (C=O) groups excluding carboxylic acids is 1. The predicted molar refractivity (Wildman–Crippen MR) is 91.0 cm³/mol. The van der Waals surface area contributed by atoms with Crippen LogP contribution >= 0.6 is 0 Å². The summed E-state index contributed by atoms with van der Waals surface area (Å²) in [5, 5.41) is 3.66. The number of nitrogens with one attached hydrogen (secondary N) is 1. The number of halogens is 1. The molecule has 1 aromatic rings. The Labute approximate surface area is 149 Å². The standard InChI is InChI=1S/C20H22N2O.ClH/c1-3-13-11-22(2)9-8-20-16-6-4-5-7-17(16)21-19(20)15(12-23)14(13)10-18(20)22;/h3-7,12,14,18H,8-11H2,1-2H3;1H/t14-,18?,20?,22?;/m0./s1. The highest BCUT2D eigenvalue weighted by molar-refractivity contribution is 5.84. The van der Waals surface area contributed by atoms with Crippen LogP contribution in [0.15, 0.2) is 47.2 Å². The zero-order valence-electron chi connectivity index (χ0n) is 14.2. The molecule has 5 rings (SSSR count). The van der Waals surface area contributed by atoms with Crippen molar-refractivity contribution in [3.05, 3.63) is 52.7 Å². The van der Waals surface area contributed by atoms with Crippen LogP contribution in [0.25, 0.3) is 0 Å². The zero-order chi connectivity index (χ0) is 15.8. The number of allylic oxidation sites excluding steroid dienone is 2. The third kappa shape index (κ3) is 1.60. The van der Waals surface area contributed by atoms with Gasteiger partial charge in [0.1, 0.15) is 18.9 Å². The average molecular weight is 343 g/mol. The van der Waals surface area contributed by atoms with E-state index in [9.17, 15) is 4.79 Å². The van der Waals surface area contributed by atoms with E-state index in [1.165, 1.54) is 29.1 Å². The lowest BCUT2D eigenvalue weighted by Crippen LogP contribution is -3.00. The summed E-state index contributed by atoms with van der Waals surface area (Å²) in [6.45, 7) is 4.42. The smallest absolute Gasteiger partial charge is 0.148 e. The molecule has 1 N–H and O–H groups in total. The van der Waals surface area contributed by atoms with E-state index in [1.807, 2.05) is 0 Å². The number of para-hydroxylation sites is 1. The highest BCUT2D eigenvalue weighted by atomic mass is 35.5. The largest absolute Gasteiger partial charge is 1.00 e. The van der Waals surface area contributed by atoms with Gasteiger partial charge in [0.25, 0.3) is 0 Å². The summed E-state index contributed by atoms with van der Waals surface area (Å²) in [6, 6.07) is 9.27. The van der Waals surface area contributed by atoms with Crippen molar-refractivity contribution in [3.63, 3.8) is 0 Å². The summed E-state index contributed by atoms with van der Waals surface area (Å²) in [6.07, 6.45) is 5.65. The van der Waals surface area contributed by atoms with Crippen molar-refractivity contribution >= 4 is 12.0 Å². The second-order valence-corrected chi connectivity index (χ2v) is 7.87. The molecule has 2 bridgehead atoms. The lowest BCUT2D eigenvalue weighted by Gasteiger charge is -2.51. The van der Waals surface area contributed by atoms with Crippen LogP contribution in [0.5, 0.6) is 0 Å². The molecule has 4 atom stereocenters. The number of rotatable bonds is 1. The molecule has 4 aliphatic rings. The van der Waals surface area contributed by atoms with Crippen molar-refractivity contribution < 1.29 is 21.7 Å². The van der Waals surface area contributed by atoms with Crippen LogP contribution in [0.3, 0.4) is 0 Å². The topological polar surface area (TPSA) is 29.1 Å². The minimum Gasteiger partial charge on any atom is -1.00 e. The molecule has 126 valence electrons. The molecule has 0 amide bonds. The molecule has 3 aliphatic heterocycles. The van der Waals surface area contributed by atoms with Gasteiger partial charge in [0.2, 0.25) is 0 Å². The molecule has 2 fully saturated rings. The van der Waals surface area contributed by atoms with E-state index in [0.29, 0.717) is 12.0 Å². The Hall–Kier alpha value is -1.58. The Morgan fingerprint density at radius 2 is 2.12 bits per heavy atom. The van der Waals surface area contributed by atoms with E-state index in [1.54, 1.807) is 0 Å². The van der Waals surface area contributed by atoms with Gasteiger partial charge in [-0.3, -0.25) is 4.79 Å². The van der Waals surface area contributed by atoms with Gasteiger partial charge in [0, 0.05) is 35.7 Å². The van der Waals surface area contributed by atoms with Gasteiger partial charge >= 0.3 is 0 Å². The van der Waals surface area contributed by atoms with Crippen LogP contribution in [0, 0.1) is 5.92 Å². The van der Waals surface area contributed by atoms with E-state index in [0.717, 1.165) is 35.7 Å². The normalized spacial score (nSPS) is 39.8. The number of aldehydes is 1. The van der Waals surface area contributed by atoms with E-state index >= 15 is 0 Å². The number of hydrogen-bond donors (Lipinski definition) is 1. The lowest BCUT2D eigenvalue weighted by atomic mass is 9.61. The molecule has 0 aromatic heterocycles. The van der Waals surface area contributed by atoms with E-state index in [4.69, 9.17) is 0 Å². The zero-order valence-corrected chi connectivity index (χ0v) is 14.9. The molecule has 3 unspecified atom stereocenters. The van der Waals surface area contributed by atoms with Crippen LogP contribution in [0.4, 0.5) is 5.69 Å². The Bertz CT molecular complexity index is 799. The molecule has 4 heteroatoms. The van der Waals surface area contributed by atoms with Crippen molar-refractivity contribution in [2.45, 2.75) is 31.2 Å². The lowest BCUT2D eigenvalue weighted by molar-refractivity contribution is -0.923. The van der Waals surface area contributed by atoms with E-state index in [2.05, 4.69) is 49.6 Å². The molecule has 0 radical (unpaired) electrons. The van der Waals surface area contributed by atoms with Crippen LogP contribution < -0.4 is 17.7 Å². The van der Waals surface area contributed by atoms with E-state index < -0.39 is 0 Å². The highest BCUT2D eigenvalue weighted by Crippen LogP contribution is 2.62. The van der Waals surface area contributed by atoms with Crippen LogP contribution in [-0.4, -0.2) is 36.9 Å². The Morgan fingerprint density at radius 3 is 2.88 bits per heavy atom. The summed E-state index contributed by atoms with van der Waals surface area (Å²) in [5.74, 6) is 0.316. The number of benzene rings is 1. The van der Waals surface area contributed by atoms with Crippen molar-refractivity contribution in [2.75, 3.05) is 25.5 Å². The van der Waals surface area contributed by atoms with Crippen LogP contribution in [-0.2, 0) is 10.2 Å². The monoisotopic (exact) mass is 342 g/mol. The van der Waals surface area contributed by atoms with Gasteiger partial charge in [-0.25, -0.2) is 0 Å². The van der Waals surface area contributed by atoms with Gasteiger partial charge in [0.15, 0.2) is 0 Å².